The zero-order chi connectivity index (χ0) is 17.9. The van der Waals surface area contributed by atoms with Crippen LogP contribution >= 0.6 is 15.9 Å². The fourth-order valence-electron chi connectivity index (χ4n) is 2.95. The molecule has 2 unspecified atom stereocenters. The number of rotatable bonds is 5. The van der Waals surface area contributed by atoms with Crippen LogP contribution in [0.1, 0.15) is 56.4 Å². The maximum Gasteiger partial charge on any atom is 0.123 e. The van der Waals surface area contributed by atoms with Crippen LogP contribution < -0.4 is 4.74 Å². The molecule has 0 aliphatic carbocycles. The van der Waals surface area contributed by atoms with E-state index in [1.165, 1.54) is 11.1 Å². The Balaban J connectivity index is 2.22. The van der Waals surface area contributed by atoms with Crippen LogP contribution in [-0.4, -0.2) is 12.2 Å². The van der Waals surface area contributed by atoms with Gasteiger partial charge in [-0.25, -0.2) is 0 Å². The van der Waals surface area contributed by atoms with Crippen LogP contribution in [0.3, 0.4) is 0 Å². The molecule has 2 nitrogen and oxygen atoms in total. The molecule has 0 aliphatic rings. The standard InChI is InChI=1S/C21H27BrO2/c1-14(18-10-9-17(22)13-19(18)24-5)11-15-7-6-8-16(12-15)20(23)21(2,3)4/h6-10,12-14,20,23H,11H2,1-5H3. The van der Waals surface area contributed by atoms with Crippen LogP contribution in [0.15, 0.2) is 46.9 Å². The van der Waals surface area contributed by atoms with Crippen molar-refractivity contribution >= 4 is 15.9 Å². The lowest BCUT2D eigenvalue weighted by atomic mass is 9.83. The summed E-state index contributed by atoms with van der Waals surface area (Å²) in [5.74, 6) is 1.23. The minimum Gasteiger partial charge on any atom is -0.496 e. The van der Waals surface area contributed by atoms with Crippen LogP contribution in [0.4, 0.5) is 0 Å². The SMILES string of the molecule is COc1cc(Br)ccc1C(C)Cc1cccc(C(O)C(C)(C)C)c1. The largest absolute Gasteiger partial charge is 0.496 e. The van der Waals surface area contributed by atoms with Gasteiger partial charge in [0, 0.05) is 4.47 Å². The normalized spacial score (nSPS) is 14.3. The summed E-state index contributed by atoms with van der Waals surface area (Å²) < 4.78 is 6.54. The van der Waals surface area contributed by atoms with E-state index in [1.807, 2.05) is 24.3 Å². The number of benzene rings is 2. The number of methoxy groups -OCH3 is 1. The minimum absolute atomic E-state index is 0.167. The molecule has 24 heavy (non-hydrogen) atoms. The smallest absolute Gasteiger partial charge is 0.123 e. The van der Waals surface area contributed by atoms with Crippen LogP contribution in [0, 0.1) is 5.41 Å². The summed E-state index contributed by atoms with van der Waals surface area (Å²) in [5.41, 5.74) is 3.24. The first kappa shape index (κ1) is 19.0. The number of hydrogen-bond donors (Lipinski definition) is 1. The van der Waals surface area contributed by atoms with Crippen molar-refractivity contribution in [2.45, 2.75) is 46.1 Å². The first-order chi connectivity index (χ1) is 11.2. The number of aliphatic hydroxyl groups is 1. The van der Waals surface area contributed by atoms with Crippen molar-refractivity contribution in [3.63, 3.8) is 0 Å². The van der Waals surface area contributed by atoms with Crippen molar-refractivity contribution in [1.29, 1.82) is 0 Å². The molecule has 0 bridgehead atoms. The van der Waals surface area contributed by atoms with Gasteiger partial charge in [-0.3, -0.25) is 0 Å². The average molecular weight is 391 g/mol. The van der Waals surface area contributed by atoms with Crippen molar-refractivity contribution in [2.75, 3.05) is 7.11 Å². The molecular weight excluding hydrogens is 364 g/mol. The molecule has 0 aromatic heterocycles. The van der Waals surface area contributed by atoms with E-state index in [0.29, 0.717) is 5.92 Å². The molecule has 0 radical (unpaired) electrons. The van der Waals surface area contributed by atoms with Crippen LogP contribution in [0.2, 0.25) is 0 Å². The summed E-state index contributed by atoms with van der Waals surface area (Å²) >= 11 is 3.49. The van der Waals surface area contributed by atoms with E-state index in [2.05, 4.69) is 61.8 Å². The molecule has 2 aromatic rings. The second-order valence-electron chi connectivity index (χ2n) is 7.51. The quantitative estimate of drug-likeness (QED) is 0.689. The zero-order valence-corrected chi connectivity index (χ0v) is 16.7. The summed E-state index contributed by atoms with van der Waals surface area (Å²) in [4.78, 5) is 0. The van der Waals surface area contributed by atoms with E-state index in [-0.39, 0.29) is 5.41 Å². The second kappa shape index (κ2) is 7.71. The highest BCUT2D eigenvalue weighted by atomic mass is 79.9. The van der Waals surface area contributed by atoms with Crippen molar-refractivity contribution in [2.24, 2.45) is 5.41 Å². The molecule has 0 spiro atoms. The van der Waals surface area contributed by atoms with Gasteiger partial charge in [-0.15, -0.1) is 0 Å². The highest BCUT2D eigenvalue weighted by Crippen LogP contribution is 2.34. The number of ether oxygens (including phenoxy) is 1. The molecule has 0 saturated carbocycles. The summed E-state index contributed by atoms with van der Waals surface area (Å²) in [6.07, 6.45) is 0.442. The number of hydrogen-bond acceptors (Lipinski definition) is 2. The topological polar surface area (TPSA) is 29.5 Å². The molecule has 3 heteroatoms. The number of halogens is 1. The molecule has 1 N–H and O–H groups in total. The Morgan fingerprint density at radius 2 is 1.83 bits per heavy atom. The van der Waals surface area contributed by atoms with Crippen molar-refractivity contribution < 1.29 is 9.84 Å². The van der Waals surface area contributed by atoms with Crippen LogP contribution in [0.25, 0.3) is 0 Å². The third-order valence-corrected chi connectivity index (χ3v) is 4.85. The highest BCUT2D eigenvalue weighted by molar-refractivity contribution is 9.10. The molecule has 0 aliphatic heterocycles. The van der Waals surface area contributed by atoms with Gasteiger partial charge in [0.25, 0.3) is 0 Å². The second-order valence-corrected chi connectivity index (χ2v) is 8.42. The summed E-state index contributed by atoms with van der Waals surface area (Å²) in [6, 6.07) is 14.5. The lowest BCUT2D eigenvalue weighted by Gasteiger charge is -2.26. The van der Waals surface area contributed by atoms with E-state index in [0.717, 1.165) is 22.2 Å². The monoisotopic (exact) mass is 390 g/mol. The van der Waals surface area contributed by atoms with E-state index >= 15 is 0 Å². The molecule has 0 saturated heterocycles. The molecule has 130 valence electrons. The minimum atomic E-state index is -0.463. The molecule has 0 fully saturated rings. The van der Waals surface area contributed by atoms with Gasteiger partial charge in [-0.2, -0.15) is 0 Å². The van der Waals surface area contributed by atoms with Gasteiger partial charge in [-0.05, 0) is 46.6 Å². The van der Waals surface area contributed by atoms with Gasteiger partial charge in [0.2, 0.25) is 0 Å². The third kappa shape index (κ3) is 4.61. The van der Waals surface area contributed by atoms with E-state index in [1.54, 1.807) is 7.11 Å². The summed E-state index contributed by atoms with van der Waals surface area (Å²) in [5, 5.41) is 10.5. The molecule has 2 atom stereocenters. The lowest BCUT2D eigenvalue weighted by molar-refractivity contribution is 0.0626. The first-order valence-corrected chi connectivity index (χ1v) is 9.12. The summed E-state index contributed by atoms with van der Waals surface area (Å²) in [6.45, 7) is 8.37. The molecule has 0 amide bonds. The Morgan fingerprint density at radius 1 is 1.12 bits per heavy atom. The predicted octanol–water partition coefficient (Wildman–Crippen LogP) is 5.88. The van der Waals surface area contributed by atoms with E-state index in [9.17, 15) is 5.11 Å². The molecule has 2 aromatic carbocycles. The fraction of sp³-hybridized carbons (Fsp3) is 0.429. The van der Waals surface area contributed by atoms with Gasteiger partial charge >= 0.3 is 0 Å². The molecular formula is C21H27BrO2. The fourth-order valence-corrected chi connectivity index (χ4v) is 3.29. The average Bonchev–Trinajstić information content (AvgIpc) is 2.53. The number of aliphatic hydroxyl groups excluding tert-OH is 1. The van der Waals surface area contributed by atoms with Gasteiger partial charge in [-0.1, -0.05) is 74.0 Å². The van der Waals surface area contributed by atoms with Gasteiger partial charge in [0.1, 0.15) is 5.75 Å². The van der Waals surface area contributed by atoms with Crippen LogP contribution in [-0.2, 0) is 6.42 Å². The Labute approximate surface area is 154 Å². The molecule has 0 heterocycles. The maximum absolute atomic E-state index is 10.5. The predicted molar refractivity (Wildman–Crippen MR) is 104 cm³/mol. The van der Waals surface area contributed by atoms with Crippen molar-refractivity contribution in [3.05, 3.63) is 63.6 Å². The summed E-state index contributed by atoms with van der Waals surface area (Å²) in [7, 11) is 1.71. The first-order valence-electron chi connectivity index (χ1n) is 8.32. The highest BCUT2D eigenvalue weighted by Gasteiger charge is 2.24. The Morgan fingerprint density at radius 3 is 2.46 bits per heavy atom. The van der Waals surface area contributed by atoms with Gasteiger partial charge < -0.3 is 9.84 Å². The van der Waals surface area contributed by atoms with Gasteiger partial charge in [0.05, 0.1) is 13.2 Å². The van der Waals surface area contributed by atoms with Crippen molar-refractivity contribution in [3.8, 4) is 5.75 Å². The lowest BCUT2D eigenvalue weighted by Crippen LogP contribution is -2.18. The maximum atomic E-state index is 10.5. The van der Waals surface area contributed by atoms with Gasteiger partial charge in [0.15, 0.2) is 0 Å². The van der Waals surface area contributed by atoms with Crippen molar-refractivity contribution in [1.82, 2.24) is 0 Å². The van der Waals surface area contributed by atoms with E-state index in [4.69, 9.17) is 4.74 Å². The molecule has 2 rings (SSSR count). The van der Waals surface area contributed by atoms with E-state index < -0.39 is 6.10 Å². The zero-order valence-electron chi connectivity index (χ0n) is 15.1. The Kier molecular flexibility index (Phi) is 6.11. The third-order valence-electron chi connectivity index (χ3n) is 4.36. The Hall–Kier alpha value is -1.32. The Bertz CT molecular complexity index is 688. The van der Waals surface area contributed by atoms with Crippen LogP contribution in [0.5, 0.6) is 5.75 Å².